The molecule has 28 heavy (non-hydrogen) atoms. The molecule has 0 bridgehead atoms. The zero-order chi connectivity index (χ0) is 19.8. The average molecular weight is 382 g/mol. The Bertz CT molecular complexity index is 902. The molecule has 2 unspecified atom stereocenters. The molecule has 6 heteroatoms. The van der Waals surface area contributed by atoms with Gasteiger partial charge in [-0.15, -0.1) is 0 Å². The third kappa shape index (κ3) is 3.55. The summed E-state index contributed by atoms with van der Waals surface area (Å²) >= 11 is 0. The van der Waals surface area contributed by atoms with Crippen LogP contribution in [0.4, 0.5) is 0 Å². The molecule has 0 saturated carbocycles. The van der Waals surface area contributed by atoms with Crippen LogP contribution in [0.3, 0.4) is 0 Å². The molecule has 2 aliphatic heterocycles. The lowest BCUT2D eigenvalue weighted by Gasteiger charge is -2.38. The molecule has 6 nitrogen and oxygen atoms in total. The van der Waals surface area contributed by atoms with E-state index in [-0.39, 0.29) is 35.4 Å². The Hall–Kier alpha value is -2.63. The topological polar surface area (TPSA) is 72.6 Å². The molecule has 2 aromatic rings. The standard InChI is InChI=1S/C22H26N2O4/c1-13(2)17-10-21(28-23-17)22(26)24-8-4-5-15(12-24)20-11-18(25)16-9-14(3)6-7-19(16)27-20/h6-7,9-10,13,15,20H,4-5,8,11-12H2,1-3H3. The number of carbonyl (C=O) groups excluding carboxylic acids is 2. The van der Waals surface area contributed by atoms with E-state index in [0.717, 1.165) is 24.1 Å². The monoisotopic (exact) mass is 382 g/mol. The molecular formula is C22H26N2O4. The van der Waals surface area contributed by atoms with Crippen molar-refractivity contribution >= 4 is 11.7 Å². The van der Waals surface area contributed by atoms with Gasteiger partial charge in [-0.2, -0.15) is 0 Å². The fraction of sp³-hybridized carbons (Fsp3) is 0.500. The number of fused-ring (bicyclic) bond motifs is 1. The van der Waals surface area contributed by atoms with Gasteiger partial charge in [0.15, 0.2) is 5.78 Å². The number of piperidine rings is 1. The number of aromatic nitrogens is 1. The number of amides is 1. The van der Waals surface area contributed by atoms with E-state index in [1.165, 1.54) is 0 Å². The molecule has 1 amide bonds. The number of aryl methyl sites for hydroxylation is 1. The zero-order valence-electron chi connectivity index (χ0n) is 16.6. The summed E-state index contributed by atoms with van der Waals surface area (Å²) < 4.78 is 11.4. The lowest BCUT2D eigenvalue weighted by molar-refractivity contribution is 0.0387. The highest BCUT2D eigenvalue weighted by atomic mass is 16.5. The molecule has 0 N–H and O–H groups in total. The number of carbonyl (C=O) groups is 2. The van der Waals surface area contributed by atoms with Gasteiger partial charge in [0, 0.05) is 31.5 Å². The van der Waals surface area contributed by atoms with E-state index in [4.69, 9.17) is 9.26 Å². The Morgan fingerprint density at radius 3 is 2.86 bits per heavy atom. The summed E-state index contributed by atoms with van der Waals surface area (Å²) in [5, 5.41) is 3.99. The van der Waals surface area contributed by atoms with E-state index in [2.05, 4.69) is 5.16 Å². The molecule has 0 aliphatic carbocycles. The summed E-state index contributed by atoms with van der Waals surface area (Å²) in [5.41, 5.74) is 2.50. The summed E-state index contributed by atoms with van der Waals surface area (Å²) in [7, 11) is 0. The summed E-state index contributed by atoms with van der Waals surface area (Å²) in [6.07, 6.45) is 2.00. The molecule has 1 fully saturated rings. The van der Waals surface area contributed by atoms with Crippen LogP contribution in [0.25, 0.3) is 0 Å². The van der Waals surface area contributed by atoms with E-state index in [1.54, 1.807) is 11.0 Å². The second-order valence-electron chi connectivity index (χ2n) is 8.21. The van der Waals surface area contributed by atoms with Crippen molar-refractivity contribution in [1.29, 1.82) is 0 Å². The highest BCUT2D eigenvalue weighted by molar-refractivity contribution is 6.00. The Labute approximate surface area is 164 Å². The first kappa shape index (κ1) is 18.7. The van der Waals surface area contributed by atoms with E-state index < -0.39 is 0 Å². The number of ketones is 1. The first-order valence-electron chi connectivity index (χ1n) is 9.98. The van der Waals surface area contributed by atoms with Crippen LogP contribution in [0.5, 0.6) is 5.75 Å². The largest absolute Gasteiger partial charge is 0.489 e. The lowest BCUT2D eigenvalue weighted by Crippen LogP contribution is -2.46. The Balaban J connectivity index is 1.47. The maximum Gasteiger partial charge on any atom is 0.292 e. The average Bonchev–Trinajstić information content (AvgIpc) is 3.18. The third-order valence-corrected chi connectivity index (χ3v) is 5.70. The predicted octanol–water partition coefficient (Wildman–Crippen LogP) is 3.99. The van der Waals surface area contributed by atoms with Crippen molar-refractivity contribution in [3.05, 3.63) is 46.8 Å². The number of rotatable bonds is 3. The van der Waals surface area contributed by atoms with Gasteiger partial charge in [-0.25, -0.2) is 0 Å². The maximum absolute atomic E-state index is 12.8. The van der Waals surface area contributed by atoms with Crippen LogP contribution in [0.1, 0.15) is 71.2 Å². The van der Waals surface area contributed by atoms with Gasteiger partial charge in [-0.3, -0.25) is 9.59 Å². The number of likely N-dealkylation sites (tertiary alicyclic amines) is 1. The van der Waals surface area contributed by atoms with Gasteiger partial charge in [0.2, 0.25) is 5.76 Å². The number of benzene rings is 1. The summed E-state index contributed by atoms with van der Waals surface area (Å²) in [6, 6.07) is 7.46. The van der Waals surface area contributed by atoms with Gasteiger partial charge in [-0.05, 0) is 37.8 Å². The molecule has 0 spiro atoms. The fourth-order valence-electron chi connectivity index (χ4n) is 4.04. The first-order chi connectivity index (χ1) is 13.4. The number of hydrogen-bond acceptors (Lipinski definition) is 5. The Kier molecular flexibility index (Phi) is 4.96. The van der Waals surface area contributed by atoms with Gasteiger partial charge < -0.3 is 14.2 Å². The number of Topliss-reactive ketones (excluding diaryl/α,β-unsaturated/α-hetero) is 1. The highest BCUT2D eigenvalue weighted by Crippen LogP contribution is 2.34. The quantitative estimate of drug-likeness (QED) is 0.802. The summed E-state index contributed by atoms with van der Waals surface area (Å²) in [5.74, 6) is 1.27. The SMILES string of the molecule is Cc1ccc2c(c1)C(=O)CC(C1CCCN(C(=O)c3cc(C(C)C)no3)C1)O2. The number of nitrogens with zero attached hydrogens (tertiary/aromatic N) is 2. The van der Waals surface area contributed by atoms with Crippen LogP contribution in [-0.4, -0.2) is 40.9 Å². The second-order valence-corrected chi connectivity index (χ2v) is 8.21. The molecule has 1 saturated heterocycles. The highest BCUT2D eigenvalue weighted by Gasteiger charge is 2.36. The van der Waals surface area contributed by atoms with Crippen molar-refractivity contribution in [1.82, 2.24) is 10.1 Å². The molecule has 1 aromatic carbocycles. The lowest BCUT2D eigenvalue weighted by atomic mass is 9.86. The molecule has 2 aliphatic rings. The van der Waals surface area contributed by atoms with Crippen LogP contribution in [0, 0.1) is 12.8 Å². The minimum atomic E-state index is -0.195. The third-order valence-electron chi connectivity index (χ3n) is 5.70. The van der Waals surface area contributed by atoms with E-state index in [0.29, 0.717) is 30.8 Å². The van der Waals surface area contributed by atoms with Crippen LogP contribution in [0.15, 0.2) is 28.8 Å². The van der Waals surface area contributed by atoms with Crippen LogP contribution in [-0.2, 0) is 0 Å². The summed E-state index contributed by atoms with van der Waals surface area (Å²) in [4.78, 5) is 27.3. The van der Waals surface area contributed by atoms with Gasteiger partial charge in [0.1, 0.15) is 11.9 Å². The fourth-order valence-corrected chi connectivity index (χ4v) is 4.04. The predicted molar refractivity (Wildman–Crippen MR) is 104 cm³/mol. The van der Waals surface area contributed by atoms with Crippen molar-refractivity contribution in [3.8, 4) is 5.75 Å². The van der Waals surface area contributed by atoms with Gasteiger partial charge in [-0.1, -0.05) is 30.6 Å². The zero-order valence-corrected chi connectivity index (χ0v) is 16.6. The number of hydrogen-bond donors (Lipinski definition) is 0. The van der Waals surface area contributed by atoms with Crippen molar-refractivity contribution < 1.29 is 18.8 Å². The van der Waals surface area contributed by atoms with Crippen LogP contribution < -0.4 is 4.74 Å². The molecule has 0 radical (unpaired) electrons. The normalized spacial score (nSPS) is 22.1. The number of ether oxygens (including phenoxy) is 1. The van der Waals surface area contributed by atoms with Crippen LogP contribution in [0.2, 0.25) is 0 Å². The Morgan fingerprint density at radius 2 is 2.11 bits per heavy atom. The van der Waals surface area contributed by atoms with Gasteiger partial charge >= 0.3 is 0 Å². The van der Waals surface area contributed by atoms with Crippen molar-refractivity contribution in [2.75, 3.05) is 13.1 Å². The summed E-state index contributed by atoms with van der Waals surface area (Å²) in [6.45, 7) is 7.25. The first-order valence-corrected chi connectivity index (χ1v) is 9.98. The molecular weight excluding hydrogens is 356 g/mol. The van der Waals surface area contributed by atoms with E-state index in [1.807, 2.05) is 39.0 Å². The van der Waals surface area contributed by atoms with Crippen molar-refractivity contribution in [2.45, 2.75) is 52.1 Å². The second kappa shape index (κ2) is 7.41. The molecule has 4 rings (SSSR count). The van der Waals surface area contributed by atoms with E-state index >= 15 is 0 Å². The van der Waals surface area contributed by atoms with Gasteiger partial charge in [0.25, 0.3) is 5.91 Å². The minimum absolute atomic E-state index is 0.121. The van der Waals surface area contributed by atoms with Crippen molar-refractivity contribution in [2.24, 2.45) is 5.92 Å². The molecule has 2 atom stereocenters. The van der Waals surface area contributed by atoms with E-state index in [9.17, 15) is 9.59 Å². The Morgan fingerprint density at radius 1 is 1.29 bits per heavy atom. The smallest absolute Gasteiger partial charge is 0.292 e. The van der Waals surface area contributed by atoms with Crippen molar-refractivity contribution in [3.63, 3.8) is 0 Å². The maximum atomic E-state index is 12.8. The molecule has 3 heterocycles. The minimum Gasteiger partial charge on any atom is -0.489 e. The van der Waals surface area contributed by atoms with Crippen LogP contribution >= 0.6 is 0 Å². The van der Waals surface area contributed by atoms with Gasteiger partial charge in [0.05, 0.1) is 11.3 Å². The molecule has 148 valence electrons. The molecule has 1 aromatic heterocycles.